The molecule has 1 aromatic heterocycles. The van der Waals surface area contributed by atoms with Gasteiger partial charge in [-0.05, 0) is 38.1 Å². The molecule has 0 bridgehead atoms. The van der Waals surface area contributed by atoms with Crippen molar-refractivity contribution in [2.24, 2.45) is 0 Å². The highest BCUT2D eigenvalue weighted by molar-refractivity contribution is 5.56. The second-order valence-electron chi connectivity index (χ2n) is 5.75. The first-order valence-electron chi connectivity index (χ1n) is 7.76. The van der Waals surface area contributed by atoms with Gasteiger partial charge in [0.05, 0.1) is 0 Å². The van der Waals surface area contributed by atoms with Crippen molar-refractivity contribution >= 4 is 5.69 Å². The van der Waals surface area contributed by atoms with Crippen LogP contribution >= 0.6 is 0 Å². The van der Waals surface area contributed by atoms with Gasteiger partial charge in [-0.3, -0.25) is 0 Å². The van der Waals surface area contributed by atoms with Crippen LogP contribution in [0.2, 0.25) is 0 Å². The quantitative estimate of drug-likeness (QED) is 0.784. The van der Waals surface area contributed by atoms with Gasteiger partial charge < -0.3 is 19.2 Å². The lowest BCUT2D eigenvalue weighted by Gasteiger charge is -2.11. The molecule has 2 heterocycles. The SMILES string of the molecule is Cc1ccc(-c2nnc([C@@H](C)Nc3ccc4c(c3)OCO4)o2)cc1. The summed E-state index contributed by atoms with van der Waals surface area (Å²) in [7, 11) is 0. The maximum absolute atomic E-state index is 5.80. The zero-order valence-electron chi connectivity index (χ0n) is 13.4. The van der Waals surface area contributed by atoms with Gasteiger partial charge in [0.15, 0.2) is 11.5 Å². The van der Waals surface area contributed by atoms with Gasteiger partial charge in [0.25, 0.3) is 0 Å². The number of anilines is 1. The number of hydrogen-bond acceptors (Lipinski definition) is 6. The molecule has 1 N–H and O–H groups in total. The Hall–Kier alpha value is -3.02. The van der Waals surface area contributed by atoms with Crippen LogP contribution in [0, 0.1) is 6.92 Å². The summed E-state index contributed by atoms with van der Waals surface area (Å²) in [5, 5.41) is 11.6. The second-order valence-corrected chi connectivity index (χ2v) is 5.75. The normalized spacial score (nSPS) is 13.8. The molecule has 1 aliphatic heterocycles. The first kappa shape index (κ1) is 14.6. The van der Waals surface area contributed by atoms with E-state index in [0.717, 1.165) is 22.7 Å². The molecular weight excluding hydrogens is 306 g/mol. The predicted molar refractivity (Wildman–Crippen MR) is 89.1 cm³/mol. The average Bonchev–Trinajstić information content (AvgIpc) is 3.24. The minimum atomic E-state index is -0.128. The lowest BCUT2D eigenvalue weighted by Crippen LogP contribution is -2.06. The van der Waals surface area contributed by atoms with Gasteiger partial charge in [-0.25, -0.2) is 0 Å². The number of aryl methyl sites for hydroxylation is 1. The Morgan fingerprint density at radius 1 is 1.00 bits per heavy atom. The second kappa shape index (κ2) is 5.88. The predicted octanol–water partition coefficient (Wildman–Crippen LogP) is 3.95. The maximum Gasteiger partial charge on any atom is 0.247 e. The average molecular weight is 323 g/mol. The van der Waals surface area contributed by atoms with E-state index < -0.39 is 0 Å². The minimum Gasteiger partial charge on any atom is -0.454 e. The summed E-state index contributed by atoms with van der Waals surface area (Å²) in [6, 6.07) is 13.6. The highest BCUT2D eigenvalue weighted by atomic mass is 16.7. The molecule has 0 spiro atoms. The van der Waals surface area contributed by atoms with Crippen molar-refractivity contribution < 1.29 is 13.9 Å². The van der Waals surface area contributed by atoms with Gasteiger partial charge in [-0.2, -0.15) is 0 Å². The molecular formula is C18H17N3O3. The Morgan fingerprint density at radius 3 is 2.62 bits per heavy atom. The smallest absolute Gasteiger partial charge is 0.247 e. The first-order chi connectivity index (χ1) is 11.7. The third kappa shape index (κ3) is 2.78. The molecule has 0 aliphatic carbocycles. The number of fused-ring (bicyclic) bond motifs is 1. The molecule has 6 nitrogen and oxygen atoms in total. The largest absolute Gasteiger partial charge is 0.454 e. The summed E-state index contributed by atoms with van der Waals surface area (Å²) in [6.07, 6.45) is 0. The number of hydrogen-bond donors (Lipinski definition) is 1. The zero-order valence-corrected chi connectivity index (χ0v) is 13.4. The van der Waals surface area contributed by atoms with Crippen molar-refractivity contribution in [3.05, 3.63) is 53.9 Å². The van der Waals surface area contributed by atoms with Crippen LogP contribution in [-0.4, -0.2) is 17.0 Å². The fourth-order valence-corrected chi connectivity index (χ4v) is 2.52. The van der Waals surface area contributed by atoms with Crippen LogP contribution < -0.4 is 14.8 Å². The highest BCUT2D eigenvalue weighted by Gasteiger charge is 2.17. The van der Waals surface area contributed by atoms with Crippen molar-refractivity contribution in [3.63, 3.8) is 0 Å². The molecule has 0 unspecified atom stereocenters. The molecule has 0 saturated carbocycles. The van der Waals surface area contributed by atoms with Crippen molar-refractivity contribution in [1.82, 2.24) is 10.2 Å². The lowest BCUT2D eigenvalue weighted by molar-refractivity contribution is 0.174. The van der Waals surface area contributed by atoms with Gasteiger partial charge in [0, 0.05) is 17.3 Å². The Kier molecular flexibility index (Phi) is 3.57. The monoisotopic (exact) mass is 323 g/mol. The van der Waals surface area contributed by atoms with E-state index in [2.05, 4.69) is 15.5 Å². The lowest BCUT2D eigenvalue weighted by atomic mass is 10.1. The van der Waals surface area contributed by atoms with Crippen LogP contribution in [-0.2, 0) is 0 Å². The third-order valence-corrected chi connectivity index (χ3v) is 3.87. The number of ether oxygens (including phenoxy) is 2. The maximum atomic E-state index is 5.80. The first-order valence-corrected chi connectivity index (χ1v) is 7.76. The zero-order chi connectivity index (χ0) is 16.5. The summed E-state index contributed by atoms with van der Waals surface area (Å²) >= 11 is 0. The molecule has 0 amide bonds. The van der Waals surface area contributed by atoms with E-state index in [1.807, 2.05) is 56.3 Å². The van der Waals surface area contributed by atoms with Gasteiger partial charge in [-0.1, -0.05) is 17.7 Å². The van der Waals surface area contributed by atoms with Crippen LogP contribution in [0.1, 0.15) is 24.4 Å². The molecule has 1 atom stereocenters. The molecule has 3 aromatic rings. The molecule has 0 radical (unpaired) electrons. The Balaban J connectivity index is 1.50. The van der Waals surface area contributed by atoms with E-state index >= 15 is 0 Å². The molecule has 0 saturated heterocycles. The topological polar surface area (TPSA) is 69.4 Å². The van der Waals surface area contributed by atoms with Crippen molar-refractivity contribution in [2.75, 3.05) is 12.1 Å². The molecule has 0 fully saturated rings. The van der Waals surface area contributed by atoms with Gasteiger partial charge in [-0.15, -0.1) is 10.2 Å². The third-order valence-electron chi connectivity index (χ3n) is 3.87. The van der Waals surface area contributed by atoms with Gasteiger partial charge >= 0.3 is 0 Å². The number of nitrogens with one attached hydrogen (secondary N) is 1. The van der Waals surface area contributed by atoms with Crippen LogP contribution in [0.25, 0.3) is 11.5 Å². The standard InChI is InChI=1S/C18H17N3O3/c1-11-3-5-13(6-4-11)18-21-20-17(24-18)12(2)19-14-7-8-15-16(9-14)23-10-22-15/h3-9,12,19H,10H2,1-2H3/t12-/m1/s1. The molecule has 24 heavy (non-hydrogen) atoms. The fourth-order valence-electron chi connectivity index (χ4n) is 2.52. The number of nitrogens with zero attached hydrogens (tertiary/aromatic N) is 2. The summed E-state index contributed by atoms with van der Waals surface area (Å²) < 4.78 is 16.5. The number of rotatable bonds is 4. The number of aromatic nitrogens is 2. The molecule has 6 heteroatoms. The van der Waals surface area contributed by atoms with E-state index in [1.165, 1.54) is 5.56 Å². The summed E-state index contributed by atoms with van der Waals surface area (Å²) in [4.78, 5) is 0. The van der Waals surface area contributed by atoms with Gasteiger partial charge in [0.1, 0.15) is 6.04 Å². The van der Waals surface area contributed by atoms with Crippen molar-refractivity contribution in [1.29, 1.82) is 0 Å². The summed E-state index contributed by atoms with van der Waals surface area (Å²) in [5.41, 5.74) is 3.01. The van der Waals surface area contributed by atoms with E-state index in [4.69, 9.17) is 13.9 Å². The van der Waals surface area contributed by atoms with E-state index in [-0.39, 0.29) is 12.8 Å². The Labute approximate surface area is 139 Å². The molecule has 1 aliphatic rings. The minimum absolute atomic E-state index is 0.128. The molecule has 122 valence electrons. The van der Waals surface area contributed by atoms with Crippen LogP contribution in [0.3, 0.4) is 0 Å². The van der Waals surface area contributed by atoms with Crippen LogP contribution in [0.15, 0.2) is 46.9 Å². The summed E-state index contributed by atoms with van der Waals surface area (Å²) in [6.45, 7) is 4.27. The van der Waals surface area contributed by atoms with Gasteiger partial charge in [0.2, 0.25) is 18.6 Å². The van der Waals surface area contributed by atoms with Crippen LogP contribution in [0.5, 0.6) is 11.5 Å². The highest BCUT2D eigenvalue weighted by Crippen LogP contribution is 2.35. The fraction of sp³-hybridized carbons (Fsp3) is 0.222. The molecule has 2 aromatic carbocycles. The molecule has 4 rings (SSSR count). The van der Waals surface area contributed by atoms with Crippen LogP contribution in [0.4, 0.5) is 5.69 Å². The number of benzene rings is 2. The van der Waals surface area contributed by atoms with E-state index in [1.54, 1.807) is 0 Å². The Morgan fingerprint density at radius 2 is 1.79 bits per heavy atom. The van der Waals surface area contributed by atoms with E-state index in [0.29, 0.717) is 11.8 Å². The van der Waals surface area contributed by atoms with E-state index in [9.17, 15) is 0 Å². The van der Waals surface area contributed by atoms with Crippen molar-refractivity contribution in [3.8, 4) is 23.0 Å². The van der Waals surface area contributed by atoms with Crippen molar-refractivity contribution in [2.45, 2.75) is 19.9 Å². The Bertz CT molecular complexity index is 858. The summed E-state index contributed by atoms with van der Waals surface area (Å²) in [5.74, 6) is 2.54.